The van der Waals surface area contributed by atoms with Gasteiger partial charge >= 0.3 is 0 Å². The van der Waals surface area contributed by atoms with Crippen molar-refractivity contribution in [1.82, 2.24) is 5.32 Å². The van der Waals surface area contributed by atoms with Crippen LogP contribution in [0.2, 0.25) is 0 Å². The Morgan fingerprint density at radius 3 is 2.62 bits per heavy atom. The third-order valence-electron chi connectivity index (χ3n) is 1.60. The Hall–Kier alpha value is -1.46. The monoisotopic (exact) mass is 175 g/mol. The molecular formula is C11H13NO. The number of hydrogen-bond donors (Lipinski definition) is 2. The lowest BCUT2D eigenvalue weighted by molar-refractivity contribution is 0.475. The molecule has 0 heterocycles. The Balaban J connectivity index is 2.52. The first-order chi connectivity index (χ1) is 6.33. The minimum atomic E-state index is 0.278. The van der Waals surface area contributed by atoms with E-state index in [-0.39, 0.29) is 5.75 Å². The lowest BCUT2D eigenvalue weighted by atomic mass is 10.2. The molecule has 0 aliphatic carbocycles. The van der Waals surface area contributed by atoms with Gasteiger partial charge in [0.25, 0.3) is 0 Å². The van der Waals surface area contributed by atoms with Crippen LogP contribution in [0.5, 0.6) is 5.75 Å². The summed E-state index contributed by atoms with van der Waals surface area (Å²) in [6.07, 6.45) is 0.845. The molecule has 0 unspecified atom stereocenters. The number of hydrogen-bond acceptors (Lipinski definition) is 2. The molecule has 0 atom stereocenters. The van der Waals surface area contributed by atoms with Gasteiger partial charge in [-0.15, -0.1) is 0 Å². The number of phenolic OH excluding ortho intramolecular Hbond substituents is 1. The number of nitrogens with one attached hydrogen (secondary N) is 1. The smallest absolute Gasteiger partial charge is 0.115 e. The van der Waals surface area contributed by atoms with Gasteiger partial charge in [0.2, 0.25) is 0 Å². The fraction of sp³-hybridized carbons (Fsp3) is 0.273. The van der Waals surface area contributed by atoms with Crippen molar-refractivity contribution in [2.75, 3.05) is 13.6 Å². The van der Waals surface area contributed by atoms with Gasteiger partial charge in [-0.1, -0.05) is 11.8 Å². The highest BCUT2D eigenvalue weighted by atomic mass is 16.3. The van der Waals surface area contributed by atoms with Crippen molar-refractivity contribution in [3.05, 3.63) is 29.8 Å². The molecule has 1 aromatic rings. The van der Waals surface area contributed by atoms with Gasteiger partial charge in [0.15, 0.2) is 0 Å². The summed E-state index contributed by atoms with van der Waals surface area (Å²) in [5.74, 6) is 6.31. The van der Waals surface area contributed by atoms with Crippen LogP contribution in [0, 0.1) is 11.8 Å². The molecule has 0 saturated heterocycles. The first kappa shape index (κ1) is 9.63. The largest absolute Gasteiger partial charge is 0.508 e. The molecule has 0 aliphatic rings. The lowest BCUT2D eigenvalue weighted by Crippen LogP contribution is -2.05. The van der Waals surface area contributed by atoms with Crippen LogP contribution in [0.1, 0.15) is 12.0 Å². The van der Waals surface area contributed by atoms with Gasteiger partial charge in [-0.25, -0.2) is 0 Å². The van der Waals surface area contributed by atoms with E-state index in [0.717, 1.165) is 18.5 Å². The van der Waals surface area contributed by atoms with E-state index in [1.54, 1.807) is 12.1 Å². The van der Waals surface area contributed by atoms with Crippen molar-refractivity contribution in [2.45, 2.75) is 6.42 Å². The van der Waals surface area contributed by atoms with E-state index in [0.29, 0.717) is 0 Å². The molecule has 0 saturated carbocycles. The molecule has 2 nitrogen and oxygen atoms in total. The number of phenols is 1. The summed E-state index contributed by atoms with van der Waals surface area (Å²) in [4.78, 5) is 0. The molecule has 1 aromatic carbocycles. The number of aromatic hydroxyl groups is 1. The molecule has 0 aliphatic heterocycles. The van der Waals surface area contributed by atoms with Gasteiger partial charge in [0.05, 0.1) is 0 Å². The van der Waals surface area contributed by atoms with Crippen LogP contribution in [0.4, 0.5) is 0 Å². The zero-order chi connectivity index (χ0) is 9.52. The summed E-state index contributed by atoms with van der Waals surface area (Å²) >= 11 is 0. The first-order valence-corrected chi connectivity index (χ1v) is 4.25. The highest BCUT2D eigenvalue weighted by molar-refractivity contribution is 5.37. The van der Waals surface area contributed by atoms with Crippen molar-refractivity contribution in [3.8, 4) is 17.6 Å². The summed E-state index contributed by atoms with van der Waals surface area (Å²) in [6, 6.07) is 6.90. The van der Waals surface area contributed by atoms with Crippen LogP contribution >= 0.6 is 0 Å². The van der Waals surface area contributed by atoms with E-state index in [4.69, 9.17) is 5.11 Å². The molecule has 2 N–H and O–H groups in total. The molecule has 0 aromatic heterocycles. The van der Waals surface area contributed by atoms with Crippen LogP contribution < -0.4 is 5.32 Å². The molecule has 0 fully saturated rings. The van der Waals surface area contributed by atoms with E-state index in [1.165, 1.54) is 0 Å². The van der Waals surface area contributed by atoms with E-state index in [9.17, 15) is 0 Å². The predicted octanol–water partition coefficient (Wildman–Crippen LogP) is 1.35. The highest BCUT2D eigenvalue weighted by Crippen LogP contribution is 2.08. The molecule has 0 radical (unpaired) electrons. The number of benzene rings is 1. The highest BCUT2D eigenvalue weighted by Gasteiger charge is 1.86. The van der Waals surface area contributed by atoms with Crippen LogP contribution in [0.3, 0.4) is 0 Å². The Labute approximate surface area is 78.6 Å². The van der Waals surface area contributed by atoms with Crippen LogP contribution in [-0.4, -0.2) is 18.7 Å². The topological polar surface area (TPSA) is 32.3 Å². The lowest BCUT2D eigenvalue weighted by Gasteiger charge is -1.91. The standard InChI is InChI=1S/C11H13NO/c1-12-9-3-2-4-10-5-7-11(13)8-6-10/h5-8,12-13H,3,9H2,1H3. The van der Waals surface area contributed by atoms with Crippen LogP contribution in [0.25, 0.3) is 0 Å². The zero-order valence-electron chi connectivity index (χ0n) is 7.67. The molecule has 68 valence electrons. The Morgan fingerprint density at radius 2 is 2.00 bits per heavy atom. The SMILES string of the molecule is CNCCC#Cc1ccc(O)cc1. The second kappa shape index (κ2) is 5.23. The molecular weight excluding hydrogens is 162 g/mol. The van der Waals surface area contributed by atoms with Crippen molar-refractivity contribution < 1.29 is 5.11 Å². The maximum atomic E-state index is 9.01. The molecule has 1 rings (SSSR count). The fourth-order valence-corrected chi connectivity index (χ4v) is 0.897. The third kappa shape index (κ3) is 3.64. The van der Waals surface area contributed by atoms with Gasteiger partial charge in [-0.2, -0.15) is 0 Å². The minimum absolute atomic E-state index is 0.278. The van der Waals surface area contributed by atoms with Crippen LogP contribution in [-0.2, 0) is 0 Å². The van der Waals surface area contributed by atoms with Crippen LogP contribution in [0.15, 0.2) is 24.3 Å². The van der Waals surface area contributed by atoms with Gasteiger partial charge in [-0.3, -0.25) is 0 Å². The van der Waals surface area contributed by atoms with E-state index >= 15 is 0 Å². The molecule has 0 amide bonds. The Morgan fingerprint density at radius 1 is 1.31 bits per heavy atom. The zero-order valence-corrected chi connectivity index (χ0v) is 7.67. The Bertz CT molecular complexity index is 305. The second-order valence-corrected chi connectivity index (χ2v) is 2.70. The van der Waals surface area contributed by atoms with Crippen molar-refractivity contribution >= 4 is 0 Å². The van der Waals surface area contributed by atoms with E-state index < -0.39 is 0 Å². The summed E-state index contributed by atoms with van der Waals surface area (Å²) in [7, 11) is 1.90. The number of rotatable bonds is 2. The molecule has 2 heteroatoms. The Kier molecular flexibility index (Phi) is 3.87. The van der Waals surface area contributed by atoms with Crippen molar-refractivity contribution in [3.63, 3.8) is 0 Å². The molecule has 13 heavy (non-hydrogen) atoms. The third-order valence-corrected chi connectivity index (χ3v) is 1.60. The van der Waals surface area contributed by atoms with Gasteiger partial charge in [0.1, 0.15) is 5.75 Å². The van der Waals surface area contributed by atoms with Gasteiger partial charge < -0.3 is 10.4 Å². The second-order valence-electron chi connectivity index (χ2n) is 2.70. The summed E-state index contributed by atoms with van der Waals surface area (Å²) in [5.41, 5.74) is 0.939. The summed E-state index contributed by atoms with van der Waals surface area (Å²) in [5, 5.41) is 12.0. The van der Waals surface area contributed by atoms with Gasteiger partial charge in [0, 0.05) is 18.5 Å². The van der Waals surface area contributed by atoms with Crippen molar-refractivity contribution in [2.24, 2.45) is 0 Å². The van der Waals surface area contributed by atoms with Gasteiger partial charge in [-0.05, 0) is 31.3 Å². The normalized spacial score (nSPS) is 9.00. The summed E-state index contributed by atoms with van der Waals surface area (Å²) in [6.45, 7) is 0.908. The maximum Gasteiger partial charge on any atom is 0.115 e. The molecule has 0 spiro atoms. The predicted molar refractivity (Wildman–Crippen MR) is 53.5 cm³/mol. The first-order valence-electron chi connectivity index (χ1n) is 4.25. The molecule has 0 bridgehead atoms. The summed E-state index contributed by atoms with van der Waals surface area (Å²) < 4.78 is 0. The van der Waals surface area contributed by atoms with E-state index in [2.05, 4.69) is 17.2 Å². The van der Waals surface area contributed by atoms with Crippen molar-refractivity contribution in [1.29, 1.82) is 0 Å². The van der Waals surface area contributed by atoms with E-state index in [1.807, 2.05) is 19.2 Å². The fourth-order valence-electron chi connectivity index (χ4n) is 0.897. The quantitative estimate of drug-likeness (QED) is 0.525. The maximum absolute atomic E-state index is 9.01. The average Bonchev–Trinajstić information content (AvgIpc) is 2.15. The minimum Gasteiger partial charge on any atom is -0.508 e. The average molecular weight is 175 g/mol.